The Morgan fingerprint density at radius 2 is 2.20 bits per heavy atom. The van der Waals surface area contributed by atoms with E-state index in [1.54, 1.807) is 6.92 Å². The van der Waals surface area contributed by atoms with E-state index in [0.717, 1.165) is 16.9 Å². The lowest BCUT2D eigenvalue weighted by Gasteiger charge is -2.11. The van der Waals surface area contributed by atoms with Crippen molar-refractivity contribution in [1.82, 2.24) is 0 Å². The maximum atomic E-state index is 11.9. The van der Waals surface area contributed by atoms with Crippen LogP contribution in [-0.2, 0) is 0 Å². The first-order valence-corrected chi connectivity index (χ1v) is 5.12. The van der Waals surface area contributed by atoms with Crippen LogP contribution in [-0.4, -0.2) is 18.4 Å². The topological polar surface area (TPSA) is 29.5 Å². The summed E-state index contributed by atoms with van der Waals surface area (Å²) < 4.78 is 17.2. The largest absolute Gasteiger partial charge is 0.493 e. The second kappa shape index (κ2) is 5.71. The molecule has 1 N–H and O–H groups in total. The minimum absolute atomic E-state index is 0.356. The maximum Gasteiger partial charge on any atom is 0.122 e. The molecule has 0 amide bonds. The number of aliphatic hydroxyl groups is 1. The smallest absolute Gasteiger partial charge is 0.122 e. The van der Waals surface area contributed by atoms with Crippen molar-refractivity contribution in [3.63, 3.8) is 0 Å². The van der Waals surface area contributed by atoms with Crippen LogP contribution in [0, 0.1) is 6.92 Å². The van der Waals surface area contributed by atoms with Crippen LogP contribution < -0.4 is 4.74 Å². The number of rotatable bonds is 5. The molecule has 3 heteroatoms. The van der Waals surface area contributed by atoms with Gasteiger partial charge in [0.25, 0.3) is 0 Å². The molecule has 0 saturated carbocycles. The third-order valence-corrected chi connectivity index (χ3v) is 2.22. The summed E-state index contributed by atoms with van der Waals surface area (Å²) in [7, 11) is 0. The van der Waals surface area contributed by atoms with Gasteiger partial charge in [0.1, 0.15) is 5.75 Å². The molecule has 1 aromatic rings. The average molecular weight is 212 g/mol. The molecule has 0 radical (unpaired) electrons. The molecule has 84 valence electrons. The summed E-state index contributed by atoms with van der Waals surface area (Å²) >= 11 is 0. The van der Waals surface area contributed by atoms with E-state index in [2.05, 4.69) is 0 Å². The molecule has 1 aromatic carbocycles. The zero-order chi connectivity index (χ0) is 11.3. The Morgan fingerprint density at radius 1 is 1.47 bits per heavy atom. The fourth-order valence-corrected chi connectivity index (χ4v) is 1.33. The molecule has 0 aliphatic carbocycles. The molecule has 0 fully saturated rings. The fraction of sp³-hybridized carbons (Fsp3) is 0.500. The van der Waals surface area contributed by atoms with Crippen LogP contribution in [0.1, 0.15) is 30.6 Å². The van der Waals surface area contributed by atoms with E-state index in [4.69, 9.17) is 4.74 Å². The van der Waals surface area contributed by atoms with Gasteiger partial charge in [-0.25, -0.2) is 0 Å². The summed E-state index contributed by atoms with van der Waals surface area (Å²) in [5.74, 6) is 0.757. The normalized spacial score (nSPS) is 12.5. The Hall–Kier alpha value is -1.09. The minimum atomic E-state index is -0.469. The lowest BCUT2D eigenvalue weighted by molar-refractivity contribution is 0.199. The van der Waals surface area contributed by atoms with E-state index in [-0.39, 0.29) is 6.67 Å². The summed E-state index contributed by atoms with van der Waals surface area (Å²) in [6, 6.07) is 5.52. The van der Waals surface area contributed by atoms with Crippen molar-refractivity contribution in [2.75, 3.05) is 13.3 Å². The van der Waals surface area contributed by atoms with E-state index < -0.39 is 6.10 Å². The minimum Gasteiger partial charge on any atom is -0.493 e. The highest BCUT2D eigenvalue weighted by molar-refractivity contribution is 5.36. The molecule has 0 saturated heterocycles. The van der Waals surface area contributed by atoms with Crippen molar-refractivity contribution in [1.29, 1.82) is 0 Å². The highest BCUT2D eigenvalue weighted by Crippen LogP contribution is 2.22. The van der Waals surface area contributed by atoms with E-state index in [1.165, 1.54) is 0 Å². The molecule has 1 atom stereocenters. The number of aliphatic hydroxyl groups excluding tert-OH is 1. The highest BCUT2D eigenvalue weighted by atomic mass is 19.1. The number of aryl methyl sites for hydroxylation is 1. The van der Waals surface area contributed by atoms with E-state index in [0.29, 0.717) is 13.0 Å². The number of hydrogen-bond donors (Lipinski definition) is 1. The lowest BCUT2D eigenvalue weighted by atomic mass is 10.1. The van der Waals surface area contributed by atoms with Gasteiger partial charge in [0, 0.05) is 6.42 Å². The second-order valence-corrected chi connectivity index (χ2v) is 3.59. The molecule has 0 unspecified atom stereocenters. The molecule has 0 heterocycles. The monoisotopic (exact) mass is 212 g/mol. The number of ether oxygens (including phenoxy) is 1. The predicted octanol–water partition coefficient (Wildman–Crippen LogP) is 2.79. The van der Waals surface area contributed by atoms with Gasteiger partial charge in [-0.15, -0.1) is 0 Å². The van der Waals surface area contributed by atoms with Gasteiger partial charge in [-0.2, -0.15) is 0 Å². The second-order valence-electron chi connectivity index (χ2n) is 3.59. The van der Waals surface area contributed by atoms with Crippen LogP contribution in [0.25, 0.3) is 0 Å². The van der Waals surface area contributed by atoms with Gasteiger partial charge in [-0.3, -0.25) is 4.39 Å². The van der Waals surface area contributed by atoms with Crippen molar-refractivity contribution in [3.8, 4) is 5.75 Å². The highest BCUT2D eigenvalue weighted by Gasteiger charge is 2.04. The predicted molar refractivity (Wildman–Crippen MR) is 57.9 cm³/mol. The van der Waals surface area contributed by atoms with Crippen LogP contribution in [0.15, 0.2) is 18.2 Å². The molecule has 15 heavy (non-hydrogen) atoms. The molecule has 2 nitrogen and oxygen atoms in total. The van der Waals surface area contributed by atoms with Crippen molar-refractivity contribution in [3.05, 3.63) is 29.3 Å². The Balaban J connectivity index is 2.66. The molecular weight excluding hydrogens is 195 g/mol. The Morgan fingerprint density at radius 3 is 2.73 bits per heavy atom. The Labute approximate surface area is 89.7 Å². The van der Waals surface area contributed by atoms with Crippen LogP contribution in [0.4, 0.5) is 4.39 Å². The number of benzene rings is 1. The van der Waals surface area contributed by atoms with Crippen LogP contribution in [0.3, 0.4) is 0 Å². The summed E-state index contributed by atoms with van der Waals surface area (Å²) in [5.41, 5.74) is 1.83. The number of halogens is 1. The van der Waals surface area contributed by atoms with E-state index in [9.17, 15) is 9.50 Å². The van der Waals surface area contributed by atoms with E-state index in [1.807, 2.05) is 25.1 Å². The first-order valence-electron chi connectivity index (χ1n) is 5.12. The van der Waals surface area contributed by atoms with Gasteiger partial charge >= 0.3 is 0 Å². The van der Waals surface area contributed by atoms with Gasteiger partial charge in [0.2, 0.25) is 0 Å². The Kier molecular flexibility index (Phi) is 4.56. The number of hydrogen-bond acceptors (Lipinski definition) is 2. The molecule has 0 aliphatic heterocycles. The van der Waals surface area contributed by atoms with Crippen LogP contribution in [0.5, 0.6) is 5.75 Å². The maximum absolute atomic E-state index is 11.9. The van der Waals surface area contributed by atoms with Gasteiger partial charge in [-0.05, 0) is 37.1 Å². The SMILES string of the molecule is Cc1cc([C@@H](C)O)ccc1OCCCF. The summed E-state index contributed by atoms with van der Waals surface area (Å²) in [6.07, 6.45) is -0.0546. The van der Waals surface area contributed by atoms with Gasteiger partial charge in [0.05, 0.1) is 19.4 Å². The molecular formula is C12H17FO2. The lowest BCUT2D eigenvalue weighted by Crippen LogP contribution is -2.00. The Bertz CT molecular complexity index is 310. The molecule has 0 aromatic heterocycles. The standard InChI is InChI=1S/C12H17FO2/c1-9-8-11(10(2)14)4-5-12(9)15-7-3-6-13/h4-5,8,10,14H,3,6-7H2,1-2H3/t10-/m1/s1. The first-order chi connectivity index (χ1) is 7.15. The van der Waals surface area contributed by atoms with Gasteiger partial charge in [0.15, 0.2) is 0 Å². The zero-order valence-electron chi connectivity index (χ0n) is 9.16. The van der Waals surface area contributed by atoms with Crippen molar-refractivity contribution < 1.29 is 14.2 Å². The molecule has 1 rings (SSSR count). The first kappa shape index (κ1) is 12.0. The summed E-state index contributed by atoms with van der Waals surface area (Å²) in [5, 5.41) is 9.36. The summed E-state index contributed by atoms with van der Waals surface area (Å²) in [4.78, 5) is 0. The average Bonchev–Trinajstić information content (AvgIpc) is 2.20. The van der Waals surface area contributed by atoms with Crippen molar-refractivity contribution in [2.24, 2.45) is 0 Å². The third-order valence-electron chi connectivity index (χ3n) is 2.22. The quantitative estimate of drug-likeness (QED) is 0.760. The van der Waals surface area contributed by atoms with Crippen LogP contribution >= 0.6 is 0 Å². The molecule has 0 spiro atoms. The van der Waals surface area contributed by atoms with Gasteiger partial charge in [-0.1, -0.05) is 6.07 Å². The number of alkyl halides is 1. The third kappa shape index (κ3) is 3.51. The van der Waals surface area contributed by atoms with E-state index >= 15 is 0 Å². The van der Waals surface area contributed by atoms with Gasteiger partial charge < -0.3 is 9.84 Å². The summed E-state index contributed by atoms with van der Waals surface area (Å²) in [6.45, 7) is 3.67. The molecule has 0 aliphatic rings. The van der Waals surface area contributed by atoms with Crippen molar-refractivity contribution in [2.45, 2.75) is 26.4 Å². The van der Waals surface area contributed by atoms with Crippen molar-refractivity contribution >= 4 is 0 Å². The van der Waals surface area contributed by atoms with Crippen LogP contribution in [0.2, 0.25) is 0 Å². The zero-order valence-corrected chi connectivity index (χ0v) is 9.16. The molecule has 0 bridgehead atoms. The fourth-order valence-electron chi connectivity index (χ4n) is 1.33.